The average Bonchev–Trinajstić information content (AvgIpc) is 2.59. The second kappa shape index (κ2) is 9.64. The van der Waals surface area contributed by atoms with Gasteiger partial charge in [0.05, 0.1) is 6.61 Å². The van der Waals surface area contributed by atoms with Crippen molar-refractivity contribution in [2.45, 2.75) is 26.3 Å². The number of carbonyl (C=O) groups excluding carboxylic acids is 1. The summed E-state index contributed by atoms with van der Waals surface area (Å²) in [6.45, 7) is 4.26. The molecule has 0 bridgehead atoms. The van der Waals surface area contributed by atoms with Crippen molar-refractivity contribution >= 4 is 11.6 Å². The zero-order chi connectivity index (χ0) is 16.3. The third-order valence-corrected chi connectivity index (χ3v) is 3.42. The van der Waals surface area contributed by atoms with Gasteiger partial charge in [0, 0.05) is 18.7 Å². The maximum atomic E-state index is 12.1. The van der Waals surface area contributed by atoms with Crippen molar-refractivity contribution in [3.8, 4) is 5.75 Å². The Morgan fingerprint density at radius 2 is 1.78 bits per heavy atom. The van der Waals surface area contributed by atoms with E-state index in [1.165, 1.54) is 0 Å². The molecule has 0 aromatic heterocycles. The van der Waals surface area contributed by atoms with Crippen LogP contribution in [-0.4, -0.2) is 19.1 Å². The molecule has 0 aliphatic rings. The first-order valence-corrected chi connectivity index (χ1v) is 8.06. The van der Waals surface area contributed by atoms with Crippen LogP contribution in [0, 0.1) is 0 Å². The second-order valence-corrected chi connectivity index (χ2v) is 5.25. The van der Waals surface area contributed by atoms with Crippen LogP contribution < -0.4 is 15.4 Å². The van der Waals surface area contributed by atoms with Crippen molar-refractivity contribution < 1.29 is 9.53 Å². The summed E-state index contributed by atoms with van der Waals surface area (Å²) >= 11 is 0. The maximum Gasteiger partial charge on any atom is 0.224 e. The zero-order valence-corrected chi connectivity index (χ0v) is 13.5. The number of rotatable bonds is 9. The fourth-order valence-corrected chi connectivity index (χ4v) is 2.21. The smallest absolute Gasteiger partial charge is 0.224 e. The second-order valence-electron chi connectivity index (χ2n) is 5.25. The van der Waals surface area contributed by atoms with Crippen LogP contribution in [0.3, 0.4) is 0 Å². The fraction of sp³-hybridized carbons (Fsp3) is 0.316. The highest BCUT2D eigenvalue weighted by molar-refractivity contribution is 5.91. The molecule has 0 aliphatic heterocycles. The summed E-state index contributed by atoms with van der Waals surface area (Å²) in [6, 6.07) is 17.5. The van der Waals surface area contributed by atoms with Gasteiger partial charge in [-0.15, -0.1) is 0 Å². The molecule has 0 aliphatic carbocycles. The quantitative estimate of drug-likeness (QED) is 0.696. The van der Waals surface area contributed by atoms with E-state index < -0.39 is 0 Å². The van der Waals surface area contributed by atoms with Gasteiger partial charge < -0.3 is 15.4 Å². The van der Waals surface area contributed by atoms with Gasteiger partial charge in [-0.05, 0) is 36.7 Å². The van der Waals surface area contributed by atoms with Gasteiger partial charge in [0.1, 0.15) is 5.75 Å². The molecule has 122 valence electrons. The van der Waals surface area contributed by atoms with Crippen LogP contribution in [0.5, 0.6) is 5.75 Å². The molecule has 0 heterocycles. The molecule has 2 rings (SSSR count). The van der Waals surface area contributed by atoms with Crippen LogP contribution in [-0.2, 0) is 11.3 Å². The number of para-hydroxylation sites is 2. The van der Waals surface area contributed by atoms with E-state index in [1.807, 2.05) is 54.6 Å². The minimum absolute atomic E-state index is 0.0191. The van der Waals surface area contributed by atoms with E-state index in [2.05, 4.69) is 17.6 Å². The molecule has 0 saturated heterocycles. The molecule has 0 spiro atoms. The van der Waals surface area contributed by atoms with Gasteiger partial charge in [-0.1, -0.05) is 43.3 Å². The Kier molecular flexibility index (Phi) is 7.14. The van der Waals surface area contributed by atoms with Crippen molar-refractivity contribution in [1.82, 2.24) is 5.32 Å². The van der Waals surface area contributed by atoms with Gasteiger partial charge in [0.25, 0.3) is 0 Å². The molecule has 2 aromatic carbocycles. The Morgan fingerprint density at radius 1 is 1.04 bits per heavy atom. The first-order valence-electron chi connectivity index (χ1n) is 8.06. The molecular formula is C19H24N2O2. The van der Waals surface area contributed by atoms with Crippen molar-refractivity contribution in [3.63, 3.8) is 0 Å². The number of hydrogen-bond donors (Lipinski definition) is 2. The summed E-state index contributed by atoms with van der Waals surface area (Å²) in [6.07, 6.45) is 1.14. The molecule has 0 atom stereocenters. The highest BCUT2D eigenvalue weighted by atomic mass is 16.5. The monoisotopic (exact) mass is 312 g/mol. The van der Waals surface area contributed by atoms with E-state index in [-0.39, 0.29) is 5.91 Å². The Labute approximate surface area is 137 Å². The largest absolute Gasteiger partial charge is 0.494 e. The Balaban J connectivity index is 1.74. The number of anilines is 1. The summed E-state index contributed by atoms with van der Waals surface area (Å²) in [5.74, 6) is 0.856. The lowest BCUT2D eigenvalue weighted by molar-refractivity contribution is -0.116. The summed E-state index contributed by atoms with van der Waals surface area (Å²) in [7, 11) is 0. The molecule has 23 heavy (non-hydrogen) atoms. The van der Waals surface area contributed by atoms with Crippen LogP contribution in [0.25, 0.3) is 0 Å². The lowest BCUT2D eigenvalue weighted by Crippen LogP contribution is -2.17. The zero-order valence-electron chi connectivity index (χ0n) is 13.5. The van der Waals surface area contributed by atoms with E-state index in [4.69, 9.17) is 4.74 Å². The lowest BCUT2D eigenvalue weighted by atomic mass is 10.1. The lowest BCUT2D eigenvalue weighted by Gasteiger charge is -2.11. The van der Waals surface area contributed by atoms with Crippen LogP contribution in [0.1, 0.15) is 25.3 Å². The van der Waals surface area contributed by atoms with Gasteiger partial charge in [-0.25, -0.2) is 0 Å². The summed E-state index contributed by atoms with van der Waals surface area (Å²) in [4.78, 5) is 12.1. The Hall–Kier alpha value is -2.33. The number of benzene rings is 2. The normalized spacial score (nSPS) is 10.3. The number of ether oxygens (including phenoxy) is 1. The van der Waals surface area contributed by atoms with Crippen molar-refractivity contribution in [1.29, 1.82) is 0 Å². The minimum atomic E-state index is 0.0191. The number of hydrogen-bond acceptors (Lipinski definition) is 3. The van der Waals surface area contributed by atoms with Gasteiger partial charge in [0.2, 0.25) is 5.91 Å². The molecule has 4 heteroatoms. The third kappa shape index (κ3) is 6.12. The highest BCUT2D eigenvalue weighted by Gasteiger charge is 2.06. The molecular weight excluding hydrogens is 288 g/mol. The topological polar surface area (TPSA) is 50.4 Å². The highest BCUT2D eigenvalue weighted by Crippen LogP contribution is 2.15. The van der Waals surface area contributed by atoms with E-state index in [0.29, 0.717) is 19.4 Å². The number of carbonyl (C=O) groups is 1. The molecule has 1 amide bonds. The predicted octanol–water partition coefficient (Wildman–Crippen LogP) is 3.59. The summed E-state index contributed by atoms with van der Waals surface area (Å²) in [5, 5.41) is 6.26. The molecule has 0 unspecified atom stereocenters. The molecule has 0 fully saturated rings. The van der Waals surface area contributed by atoms with Gasteiger partial charge >= 0.3 is 0 Å². The van der Waals surface area contributed by atoms with E-state index in [0.717, 1.165) is 30.1 Å². The van der Waals surface area contributed by atoms with Crippen LogP contribution in [0.4, 0.5) is 5.69 Å². The van der Waals surface area contributed by atoms with Crippen molar-refractivity contribution in [2.24, 2.45) is 0 Å². The molecule has 4 nitrogen and oxygen atoms in total. The van der Waals surface area contributed by atoms with Crippen LogP contribution >= 0.6 is 0 Å². The van der Waals surface area contributed by atoms with Gasteiger partial charge in [-0.3, -0.25) is 4.79 Å². The van der Waals surface area contributed by atoms with E-state index in [9.17, 15) is 4.79 Å². The first kappa shape index (κ1) is 17.0. The van der Waals surface area contributed by atoms with Gasteiger partial charge in [0.15, 0.2) is 0 Å². The number of nitrogens with one attached hydrogen (secondary N) is 2. The third-order valence-electron chi connectivity index (χ3n) is 3.42. The molecule has 2 aromatic rings. The van der Waals surface area contributed by atoms with E-state index in [1.54, 1.807) is 0 Å². The van der Waals surface area contributed by atoms with E-state index >= 15 is 0 Å². The van der Waals surface area contributed by atoms with Crippen molar-refractivity contribution in [2.75, 3.05) is 18.5 Å². The first-order chi connectivity index (χ1) is 11.3. The molecule has 0 saturated carbocycles. The van der Waals surface area contributed by atoms with Crippen molar-refractivity contribution in [3.05, 3.63) is 60.2 Å². The van der Waals surface area contributed by atoms with Crippen LogP contribution in [0.15, 0.2) is 54.6 Å². The molecule has 2 N–H and O–H groups in total. The predicted molar refractivity (Wildman–Crippen MR) is 93.6 cm³/mol. The standard InChI is InChI=1S/C19H24N2O2/c1-2-20-15-16-9-6-7-12-18(16)21-19(22)13-8-14-23-17-10-4-3-5-11-17/h3-7,9-12,20H,2,8,13-15H2,1H3,(H,21,22). The van der Waals surface area contributed by atoms with Crippen LogP contribution in [0.2, 0.25) is 0 Å². The summed E-state index contributed by atoms with van der Waals surface area (Å²) in [5.41, 5.74) is 1.98. The Bertz CT molecular complexity index is 599. The Morgan fingerprint density at radius 3 is 2.57 bits per heavy atom. The average molecular weight is 312 g/mol. The van der Waals surface area contributed by atoms with Gasteiger partial charge in [-0.2, -0.15) is 0 Å². The fourth-order valence-electron chi connectivity index (χ4n) is 2.21. The minimum Gasteiger partial charge on any atom is -0.494 e. The summed E-state index contributed by atoms with van der Waals surface area (Å²) < 4.78 is 5.59. The SMILES string of the molecule is CCNCc1ccccc1NC(=O)CCCOc1ccccc1. The number of amides is 1. The molecule has 0 radical (unpaired) electrons. The maximum absolute atomic E-state index is 12.1.